The third kappa shape index (κ3) is 4.98. The first-order valence-corrected chi connectivity index (χ1v) is 12.1. The number of benzene rings is 3. The molecular weight excluding hydrogens is 450 g/mol. The van der Waals surface area contributed by atoms with Crippen LogP contribution in [0.5, 0.6) is 0 Å². The third-order valence-corrected chi connectivity index (χ3v) is 6.28. The van der Waals surface area contributed by atoms with Crippen LogP contribution in [-0.4, -0.2) is 51.2 Å². The average molecular weight is 480 g/mol. The number of aliphatic hydroxyl groups is 1. The van der Waals surface area contributed by atoms with E-state index in [1.807, 2.05) is 71.5 Å². The molecule has 3 aromatic carbocycles. The van der Waals surface area contributed by atoms with E-state index >= 15 is 0 Å². The molecule has 5 rings (SSSR count). The van der Waals surface area contributed by atoms with E-state index in [2.05, 4.69) is 36.5 Å². The molecule has 0 saturated heterocycles. The van der Waals surface area contributed by atoms with Gasteiger partial charge in [-0.15, -0.1) is 0 Å². The molecule has 2 heterocycles. The second-order valence-electron chi connectivity index (χ2n) is 8.85. The molecule has 0 bridgehead atoms. The molecule has 0 fully saturated rings. The van der Waals surface area contributed by atoms with E-state index in [9.17, 15) is 4.79 Å². The van der Waals surface area contributed by atoms with Crippen molar-refractivity contribution in [2.75, 3.05) is 19.7 Å². The highest BCUT2D eigenvalue weighted by Crippen LogP contribution is 2.38. The third-order valence-electron chi connectivity index (χ3n) is 6.28. The lowest BCUT2D eigenvalue weighted by molar-refractivity contribution is -0.132. The van der Waals surface area contributed by atoms with Crippen LogP contribution in [0.3, 0.4) is 0 Å². The Balaban J connectivity index is 1.58. The molecule has 2 N–H and O–H groups in total. The van der Waals surface area contributed by atoms with E-state index in [0.717, 1.165) is 33.8 Å². The van der Waals surface area contributed by atoms with Crippen LogP contribution >= 0.6 is 0 Å². The first kappa shape index (κ1) is 23.7. The Morgan fingerprint density at radius 1 is 0.972 bits per heavy atom. The molecule has 0 aliphatic carbocycles. The summed E-state index contributed by atoms with van der Waals surface area (Å²) in [7, 11) is 0. The summed E-state index contributed by atoms with van der Waals surface area (Å²) < 4.78 is 1.87. The molecule has 1 atom stereocenters. The zero-order valence-corrected chi connectivity index (χ0v) is 20.2. The number of hydrazone groups is 1. The molecular formula is C29H29N5O2. The quantitative estimate of drug-likeness (QED) is 0.373. The Labute approximate surface area is 210 Å². The fraction of sp³-hybridized carbons (Fsp3) is 0.207. The number of amides is 1. The van der Waals surface area contributed by atoms with Crippen LogP contribution in [0, 0.1) is 6.92 Å². The van der Waals surface area contributed by atoms with E-state index < -0.39 is 0 Å². The molecule has 0 spiro atoms. The van der Waals surface area contributed by atoms with E-state index in [1.54, 1.807) is 5.01 Å². The standard InChI is InChI=1S/C29H29N5O2/c1-21-12-14-23(15-13-21)29-25(20-33(32-29)24-10-6-3-7-11-24)27-18-26(22-8-4-2-5-9-22)31-34(27)28(36)19-30-16-17-35/h2-15,20,27,30,35H,16-19H2,1H3. The van der Waals surface area contributed by atoms with Crippen molar-refractivity contribution in [2.45, 2.75) is 19.4 Å². The van der Waals surface area contributed by atoms with Crippen LogP contribution in [0.15, 0.2) is 96.2 Å². The number of para-hydroxylation sites is 1. The molecule has 4 aromatic rings. The number of nitrogens with one attached hydrogen (secondary N) is 1. The predicted octanol–water partition coefficient (Wildman–Crippen LogP) is 4.11. The maximum Gasteiger partial charge on any atom is 0.257 e. The molecule has 1 amide bonds. The molecule has 0 radical (unpaired) electrons. The minimum absolute atomic E-state index is 0.0311. The van der Waals surface area contributed by atoms with Gasteiger partial charge in [0.2, 0.25) is 0 Å². The smallest absolute Gasteiger partial charge is 0.257 e. The number of aliphatic hydroxyl groups excluding tert-OH is 1. The van der Waals surface area contributed by atoms with Crippen LogP contribution in [-0.2, 0) is 4.79 Å². The van der Waals surface area contributed by atoms with Crippen molar-refractivity contribution in [1.29, 1.82) is 0 Å². The average Bonchev–Trinajstić information content (AvgIpc) is 3.56. The van der Waals surface area contributed by atoms with Gasteiger partial charge in [-0.25, -0.2) is 9.69 Å². The summed E-state index contributed by atoms with van der Waals surface area (Å²) in [5, 5.41) is 23.5. The lowest BCUT2D eigenvalue weighted by atomic mass is 9.96. The maximum absolute atomic E-state index is 13.3. The largest absolute Gasteiger partial charge is 0.395 e. The molecule has 1 aromatic heterocycles. The van der Waals surface area contributed by atoms with E-state index in [-0.39, 0.29) is 25.1 Å². The van der Waals surface area contributed by atoms with Gasteiger partial charge >= 0.3 is 0 Å². The van der Waals surface area contributed by atoms with Gasteiger partial charge in [-0.1, -0.05) is 78.4 Å². The van der Waals surface area contributed by atoms with Crippen molar-refractivity contribution in [2.24, 2.45) is 5.10 Å². The highest BCUT2D eigenvalue weighted by atomic mass is 16.3. The molecule has 1 aliphatic heterocycles. The monoisotopic (exact) mass is 479 g/mol. The van der Waals surface area contributed by atoms with Crippen LogP contribution in [0.1, 0.15) is 29.2 Å². The Kier molecular flexibility index (Phi) is 7.02. The topological polar surface area (TPSA) is 82.8 Å². The summed E-state index contributed by atoms with van der Waals surface area (Å²) in [4.78, 5) is 13.3. The molecule has 182 valence electrons. The van der Waals surface area contributed by atoms with Gasteiger partial charge in [0, 0.05) is 30.3 Å². The summed E-state index contributed by atoms with van der Waals surface area (Å²) >= 11 is 0. The van der Waals surface area contributed by atoms with E-state index in [0.29, 0.717) is 13.0 Å². The maximum atomic E-state index is 13.3. The van der Waals surface area contributed by atoms with Crippen molar-refractivity contribution >= 4 is 11.6 Å². The van der Waals surface area contributed by atoms with Gasteiger partial charge in [0.05, 0.1) is 36.3 Å². The van der Waals surface area contributed by atoms with Gasteiger partial charge in [-0.2, -0.15) is 10.2 Å². The second kappa shape index (κ2) is 10.7. The van der Waals surface area contributed by atoms with Gasteiger partial charge in [0.25, 0.3) is 5.91 Å². The van der Waals surface area contributed by atoms with Crippen LogP contribution in [0.2, 0.25) is 0 Å². The minimum atomic E-state index is -0.308. The number of nitrogens with zero attached hydrogens (tertiary/aromatic N) is 4. The number of hydrogen-bond donors (Lipinski definition) is 2. The van der Waals surface area contributed by atoms with E-state index in [1.165, 1.54) is 5.56 Å². The summed E-state index contributed by atoms with van der Waals surface area (Å²) in [6.45, 7) is 2.47. The van der Waals surface area contributed by atoms with Crippen molar-refractivity contribution in [3.05, 3.63) is 108 Å². The lowest BCUT2D eigenvalue weighted by Crippen LogP contribution is -2.36. The molecule has 36 heavy (non-hydrogen) atoms. The minimum Gasteiger partial charge on any atom is -0.395 e. The highest BCUT2D eigenvalue weighted by molar-refractivity contribution is 6.03. The number of rotatable bonds is 8. The van der Waals surface area contributed by atoms with Crippen LogP contribution in [0.4, 0.5) is 0 Å². The van der Waals surface area contributed by atoms with Crippen molar-refractivity contribution in [3.63, 3.8) is 0 Å². The fourth-order valence-electron chi connectivity index (χ4n) is 4.42. The summed E-state index contributed by atoms with van der Waals surface area (Å²) in [6, 6.07) is 27.9. The number of hydrogen-bond acceptors (Lipinski definition) is 5. The van der Waals surface area contributed by atoms with Crippen LogP contribution < -0.4 is 5.32 Å². The molecule has 1 unspecified atom stereocenters. The van der Waals surface area contributed by atoms with E-state index in [4.69, 9.17) is 15.3 Å². The fourth-order valence-corrected chi connectivity index (χ4v) is 4.42. The molecule has 7 heteroatoms. The zero-order valence-electron chi connectivity index (χ0n) is 20.2. The molecule has 1 aliphatic rings. The first-order valence-electron chi connectivity index (χ1n) is 12.1. The summed E-state index contributed by atoms with van der Waals surface area (Å²) in [6.07, 6.45) is 2.59. The highest BCUT2D eigenvalue weighted by Gasteiger charge is 2.36. The SMILES string of the molecule is Cc1ccc(-c2nn(-c3ccccc3)cc2C2CC(c3ccccc3)=NN2C(=O)CNCCO)cc1. The van der Waals surface area contributed by atoms with Gasteiger partial charge in [-0.05, 0) is 24.6 Å². The number of aryl methyl sites for hydroxylation is 1. The van der Waals surface area contributed by atoms with Gasteiger partial charge in [-0.3, -0.25) is 4.79 Å². The first-order chi connectivity index (χ1) is 17.6. The zero-order chi connectivity index (χ0) is 24.9. The summed E-state index contributed by atoms with van der Waals surface area (Å²) in [5.41, 5.74) is 6.73. The molecule has 7 nitrogen and oxygen atoms in total. The van der Waals surface area contributed by atoms with Crippen molar-refractivity contribution in [1.82, 2.24) is 20.1 Å². The normalized spacial score (nSPS) is 15.2. The lowest BCUT2D eigenvalue weighted by Gasteiger charge is -2.22. The Hall–Kier alpha value is -4.07. The van der Waals surface area contributed by atoms with Gasteiger partial charge in [0.15, 0.2) is 0 Å². The second-order valence-corrected chi connectivity index (χ2v) is 8.85. The Morgan fingerprint density at radius 3 is 2.36 bits per heavy atom. The predicted molar refractivity (Wildman–Crippen MR) is 141 cm³/mol. The van der Waals surface area contributed by atoms with Crippen LogP contribution in [0.25, 0.3) is 16.9 Å². The summed E-state index contributed by atoms with van der Waals surface area (Å²) in [5.74, 6) is -0.151. The number of aromatic nitrogens is 2. The number of carbonyl (C=O) groups is 1. The van der Waals surface area contributed by atoms with Gasteiger partial charge in [0.1, 0.15) is 0 Å². The van der Waals surface area contributed by atoms with Crippen molar-refractivity contribution < 1.29 is 9.90 Å². The Bertz CT molecular complexity index is 1350. The number of carbonyl (C=O) groups excluding carboxylic acids is 1. The Morgan fingerprint density at radius 2 is 1.67 bits per heavy atom. The van der Waals surface area contributed by atoms with Gasteiger partial charge < -0.3 is 10.4 Å². The molecule has 0 saturated carbocycles. The van der Waals surface area contributed by atoms with Crippen molar-refractivity contribution in [3.8, 4) is 16.9 Å².